The van der Waals surface area contributed by atoms with E-state index in [2.05, 4.69) is 44.8 Å². The van der Waals surface area contributed by atoms with Gasteiger partial charge < -0.3 is 15.0 Å². The summed E-state index contributed by atoms with van der Waals surface area (Å²) in [6.45, 7) is 13.4. The number of hydrogen-bond acceptors (Lipinski definition) is 5. The summed E-state index contributed by atoms with van der Waals surface area (Å²) in [6, 6.07) is 15.2. The average Bonchev–Trinajstić information content (AvgIpc) is 2.88. The molecule has 0 saturated heterocycles. The van der Waals surface area contributed by atoms with Gasteiger partial charge in [-0.05, 0) is 66.3 Å². The lowest BCUT2D eigenvalue weighted by Gasteiger charge is -2.49. The number of nitrogens with zero attached hydrogens (tertiary/aromatic N) is 1. The molecule has 1 heterocycles. The fraction of sp³-hybridized carbons (Fsp3) is 0.457. The van der Waals surface area contributed by atoms with Gasteiger partial charge in [0, 0.05) is 53.5 Å². The van der Waals surface area contributed by atoms with Crippen LogP contribution in [0.2, 0.25) is 0 Å². The van der Waals surface area contributed by atoms with Gasteiger partial charge in [-0.1, -0.05) is 65.0 Å². The van der Waals surface area contributed by atoms with Gasteiger partial charge >= 0.3 is 0 Å². The number of ether oxygens (including phenoxy) is 1. The van der Waals surface area contributed by atoms with Crippen molar-refractivity contribution in [3.63, 3.8) is 0 Å². The van der Waals surface area contributed by atoms with E-state index in [9.17, 15) is 14.4 Å². The molecule has 1 aliphatic heterocycles. The molecule has 0 spiro atoms. The molecule has 6 heteroatoms. The summed E-state index contributed by atoms with van der Waals surface area (Å²) < 4.78 is 5.94. The molecule has 3 aliphatic rings. The quantitative estimate of drug-likeness (QED) is 0.395. The maximum Gasteiger partial charge on any atom is 0.262 e. The van der Waals surface area contributed by atoms with Crippen molar-refractivity contribution < 1.29 is 19.1 Å². The van der Waals surface area contributed by atoms with Crippen LogP contribution in [0.5, 0.6) is 5.75 Å². The van der Waals surface area contributed by atoms with Crippen LogP contribution >= 0.6 is 0 Å². The first-order valence-corrected chi connectivity index (χ1v) is 14.8. The molecule has 0 atom stereocenters. The lowest BCUT2D eigenvalue weighted by Crippen LogP contribution is -2.44. The molecule has 5 rings (SSSR count). The Morgan fingerprint density at radius 1 is 0.902 bits per heavy atom. The van der Waals surface area contributed by atoms with Crippen LogP contribution in [-0.4, -0.2) is 35.5 Å². The maximum absolute atomic E-state index is 13.9. The molecule has 0 fully saturated rings. The second-order valence-electron chi connectivity index (χ2n) is 13.4. The number of para-hydroxylation sites is 1. The number of allylic oxidation sites excluding steroid dienone is 4. The zero-order valence-corrected chi connectivity index (χ0v) is 25.2. The molecule has 1 N–H and O–H groups in total. The number of carbonyl (C=O) groups is 3. The Balaban J connectivity index is 1.52. The number of nitrogens with one attached hydrogen (secondary N) is 1. The topological polar surface area (TPSA) is 75.7 Å². The zero-order valence-electron chi connectivity index (χ0n) is 25.2. The van der Waals surface area contributed by atoms with E-state index in [1.165, 1.54) is 0 Å². The van der Waals surface area contributed by atoms with Crippen molar-refractivity contribution in [3.8, 4) is 5.75 Å². The second-order valence-corrected chi connectivity index (χ2v) is 13.4. The fourth-order valence-electron chi connectivity index (χ4n) is 6.71. The van der Waals surface area contributed by atoms with E-state index in [-0.39, 0.29) is 34.9 Å². The van der Waals surface area contributed by atoms with E-state index in [4.69, 9.17) is 4.74 Å². The van der Waals surface area contributed by atoms with E-state index in [0.717, 1.165) is 65.2 Å². The minimum absolute atomic E-state index is 0.121. The summed E-state index contributed by atoms with van der Waals surface area (Å²) in [4.78, 5) is 42.7. The van der Waals surface area contributed by atoms with Crippen molar-refractivity contribution in [3.05, 3.63) is 82.2 Å². The summed E-state index contributed by atoms with van der Waals surface area (Å²) in [5.74, 6) is 0.104. The van der Waals surface area contributed by atoms with E-state index in [0.29, 0.717) is 18.6 Å². The molecule has 2 aromatic carbocycles. The molecule has 41 heavy (non-hydrogen) atoms. The first kappa shape index (κ1) is 28.8. The molecule has 0 unspecified atom stereocenters. The highest BCUT2D eigenvalue weighted by Crippen LogP contribution is 2.54. The van der Waals surface area contributed by atoms with E-state index < -0.39 is 5.92 Å². The summed E-state index contributed by atoms with van der Waals surface area (Å²) in [5, 5.41) is 2.90. The third-order valence-electron chi connectivity index (χ3n) is 8.45. The molecule has 0 aromatic heterocycles. The standard InChI is InChI=1S/C35H42N2O4/c1-7-15-37-26-17-34(3,4)19-28(38)32(26)31(33-27(37)18-35(5,6)20-29(33)39)23-12-10-13-24(16-23)41-21-30(40)36-25-14-9-8-11-22(25)2/h8-14,16,31H,7,15,17-21H2,1-6H3,(H,36,40). The van der Waals surface area contributed by atoms with Gasteiger partial charge in [0.2, 0.25) is 0 Å². The van der Waals surface area contributed by atoms with Crippen LogP contribution in [0.3, 0.4) is 0 Å². The van der Waals surface area contributed by atoms with Crippen LogP contribution in [0.4, 0.5) is 5.69 Å². The van der Waals surface area contributed by atoms with Crippen LogP contribution in [0, 0.1) is 17.8 Å². The van der Waals surface area contributed by atoms with E-state index >= 15 is 0 Å². The highest BCUT2D eigenvalue weighted by Gasteiger charge is 2.48. The molecule has 216 valence electrons. The largest absolute Gasteiger partial charge is 0.484 e. The molecular formula is C35H42N2O4. The van der Waals surface area contributed by atoms with Gasteiger partial charge in [0.05, 0.1) is 0 Å². The van der Waals surface area contributed by atoms with Crippen molar-refractivity contribution in [2.75, 3.05) is 18.5 Å². The molecule has 6 nitrogen and oxygen atoms in total. The number of rotatable bonds is 7. The first-order chi connectivity index (χ1) is 19.4. The summed E-state index contributed by atoms with van der Waals surface area (Å²) in [5.41, 5.74) is 5.98. The second kappa shape index (κ2) is 11.0. The van der Waals surface area contributed by atoms with Crippen LogP contribution < -0.4 is 10.1 Å². The highest BCUT2D eigenvalue weighted by atomic mass is 16.5. The Hall–Kier alpha value is -3.67. The number of benzene rings is 2. The predicted octanol–water partition coefficient (Wildman–Crippen LogP) is 7.11. The van der Waals surface area contributed by atoms with Crippen LogP contribution in [0.15, 0.2) is 71.1 Å². The van der Waals surface area contributed by atoms with Gasteiger partial charge in [0.25, 0.3) is 5.91 Å². The molecular weight excluding hydrogens is 512 g/mol. The molecule has 2 aromatic rings. The highest BCUT2D eigenvalue weighted by molar-refractivity contribution is 6.06. The Morgan fingerprint density at radius 2 is 1.51 bits per heavy atom. The van der Waals surface area contributed by atoms with Gasteiger partial charge in [-0.25, -0.2) is 0 Å². The predicted molar refractivity (Wildman–Crippen MR) is 162 cm³/mol. The minimum atomic E-state index is -0.426. The number of aryl methyl sites for hydroxylation is 1. The number of ketones is 2. The van der Waals surface area contributed by atoms with Crippen molar-refractivity contribution in [2.45, 2.75) is 79.6 Å². The number of hydrogen-bond donors (Lipinski definition) is 1. The van der Waals surface area contributed by atoms with Gasteiger partial charge in [0.15, 0.2) is 18.2 Å². The van der Waals surface area contributed by atoms with Gasteiger partial charge in [-0.15, -0.1) is 0 Å². The lowest BCUT2D eigenvalue weighted by molar-refractivity contribution is -0.120. The Bertz CT molecular complexity index is 1410. The Morgan fingerprint density at radius 3 is 2.10 bits per heavy atom. The zero-order chi connectivity index (χ0) is 29.5. The summed E-state index contributed by atoms with van der Waals surface area (Å²) in [7, 11) is 0. The Labute approximate surface area is 243 Å². The summed E-state index contributed by atoms with van der Waals surface area (Å²) in [6.07, 6.45) is 3.44. The normalized spacial score (nSPS) is 20.1. The smallest absolute Gasteiger partial charge is 0.262 e. The van der Waals surface area contributed by atoms with Gasteiger partial charge in [0.1, 0.15) is 5.75 Å². The molecule has 1 amide bonds. The van der Waals surface area contributed by atoms with Crippen molar-refractivity contribution in [1.82, 2.24) is 4.90 Å². The SMILES string of the molecule is CCCN1C2=C(C(=O)CC(C)(C)C2)C(c2cccc(OCC(=O)Nc3ccccc3C)c2)C2=C1CC(C)(C)CC2=O. The third-order valence-corrected chi connectivity index (χ3v) is 8.45. The van der Waals surface area contributed by atoms with Crippen molar-refractivity contribution in [2.24, 2.45) is 10.8 Å². The first-order valence-electron chi connectivity index (χ1n) is 14.8. The minimum Gasteiger partial charge on any atom is -0.484 e. The summed E-state index contributed by atoms with van der Waals surface area (Å²) >= 11 is 0. The number of Topliss-reactive ketones (excluding diaryl/α,β-unsaturated/α-hetero) is 2. The molecule has 2 aliphatic carbocycles. The maximum atomic E-state index is 13.9. The Kier molecular flexibility index (Phi) is 7.71. The van der Waals surface area contributed by atoms with Crippen LogP contribution in [0.1, 0.15) is 83.8 Å². The average molecular weight is 555 g/mol. The van der Waals surface area contributed by atoms with Crippen LogP contribution in [0.25, 0.3) is 0 Å². The van der Waals surface area contributed by atoms with E-state index in [1.807, 2.05) is 55.5 Å². The van der Waals surface area contributed by atoms with Crippen LogP contribution in [-0.2, 0) is 14.4 Å². The van der Waals surface area contributed by atoms with Gasteiger partial charge in [-0.3, -0.25) is 14.4 Å². The van der Waals surface area contributed by atoms with Crippen molar-refractivity contribution >= 4 is 23.2 Å². The fourth-order valence-corrected chi connectivity index (χ4v) is 6.71. The number of anilines is 1. The number of amides is 1. The lowest BCUT2D eigenvalue weighted by atomic mass is 9.63. The number of carbonyl (C=O) groups excluding carboxylic acids is 3. The van der Waals surface area contributed by atoms with Gasteiger partial charge in [-0.2, -0.15) is 0 Å². The molecule has 0 radical (unpaired) electrons. The molecule has 0 bridgehead atoms. The monoisotopic (exact) mass is 554 g/mol. The molecule has 0 saturated carbocycles. The van der Waals surface area contributed by atoms with Crippen molar-refractivity contribution in [1.29, 1.82) is 0 Å². The third kappa shape index (κ3) is 5.88. The van der Waals surface area contributed by atoms with E-state index in [1.54, 1.807) is 0 Å².